The highest BCUT2D eigenvalue weighted by Crippen LogP contribution is 2.20. The summed E-state index contributed by atoms with van der Waals surface area (Å²) in [5.74, 6) is 0.0169. The van der Waals surface area contributed by atoms with Gasteiger partial charge in [-0.1, -0.05) is 36.7 Å². The second-order valence-electron chi connectivity index (χ2n) is 4.56. The van der Waals surface area contributed by atoms with Crippen LogP contribution in [0.2, 0.25) is 5.02 Å². The minimum Gasteiger partial charge on any atom is -0.292 e. The number of pyridine rings is 1. The lowest BCUT2D eigenvalue weighted by molar-refractivity contribution is 0.0987. The van der Waals surface area contributed by atoms with Gasteiger partial charge in [0.15, 0.2) is 5.78 Å². The van der Waals surface area contributed by atoms with Gasteiger partial charge in [0.25, 0.3) is 0 Å². The number of carbonyl (C=O) groups excluding carboxylic acids is 1. The molecule has 0 aliphatic heterocycles. The average molecular weight is 274 g/mol. The first-order chi connectivity index (χ1) is 9.11. The van der Waals surface area contributed by atoms with Crippen molar-refractivity contribution >= 4 is 17.4 Å². The number of halogens is 1. The maximum atomic E-state index is 12.3. The second kappa shape index (κ2) is 5.98. The number of carbonyl (C=O) groups is 1. The monoisotopic (exact) mass is 273 g/mol. The van der Waals surface area contributed by atoms with Crippen molar-refractivity contribution in [3.63, 3.8) is 0 Å². The molecule has 0 bridgehead atoms. The van der Waals surface area contributed by atoms with Crippen molar-refractivity contribution in [3.05, 3.63) is 63.9 Å². The second-order valence-corrected chi connectivity index (χ2v) is 4.97. The third-order valence-electron chi connectivity index (χ3n) is 3.10. The molecule has 0 saturated heterocycles. The van der Waals surface area contributed by atoms with Crippen molar-refractivity contribution in [2.45, 2.75) is 26.7 Å². The number of benzene rings is 1. The van der Waals surface area contributed by atoms with E-state index in [1.165, 1.54) is 0 Å². The summed E-state index contributed by atoms with van der Waals surface area (Å²) < 4.78 is 0. The topological polar surface area (TPSA) is 30.0 Å². The number of Topliss-reactive ketones (excluding diaryl/α,β-unsaturated/α-hetero) is 1. The molecule has 2 rings (SSSR count). The van der Waals surface area contributed by atoms with Crippen molar-refractivity contribution in [1.82, 2.24) is 4.98 Å². The zero-order chi connectivity index (χ0) is 13.8. The van der Waals surface area contributed by atoms with Crippen LogP contribution in [-0.2, 0) is 12.8 Å². The fourth-order valence-corrected chi connectivity index (χ4v) is 2.33. The number of aryl methyl sites for hydroxylation is 2. The molecule has 3 heteroatoms. The van der Waals surface area contributed by atoms with Crippen molar-refractivity contribution < 1.29 is 4.79 Å². The van der Waals surface area contributed by atoms with Crippen LogP contribution in [0.3, 0.4) is 0 Å². The summed E-state index contributed by atoms with van der Waals surface area (Å²) in [6.45, 7) is 4.00. The van der Waals surface area contributed by atoms with E-state index in [2.05, 4.69) is 4.98 Å². The highest BCUT2D eigenvalue weighted by Gasteiger charge is 2.14. The van der Waals surface area contributed by atoms with E-state index in [-0.39, 0.29) is 5.78 Å². The molecule has 2 aromatic rings. The molecule has 2 nitrogen and oxygen atoms in total. The Hall–Kier alpha value is -1.67. The molecule has 0 aliphatic carbocycles. The Morgan fingerprint density at radius 2 is 2.05 bits per heavy atom. The predicted octanol–water partition coefficient (Wildman–Crippen LogP) is 4.03. The molecule has 0 fully saturated rings. The molecular formula is C16H16ClNO. The van der Waals surface area contributed by atoms with Gasteiger partial charge in [-0.15, -0.1) is 0 Å². The van der Waals surface area contributed by atoms with Crippen molar-refractivity contribution in [2.24, 2.45) is 0 Å². The Labute approximate surface area is 118 Å². The minimum absolute atomic E-state index is 0.0169. The normalized spacial score (nSPS) is 10.5. The van der Waals surface area contributed by atoms with E-state index in [9.17, 15) is 4.79 Å². The highest BCUT2D eigenvalue weighted by atomic mass is 35.5. The number of rotatable bonds is 4. The third-order valence-corrected chi connectivity index (χ3v) is 3.45. The number of ketones is 1. The molecule has 1 heterocycles. The van der Waals surface area contributed by atoms with Gasteiger partial charge in [0.2, 0.25) is 0 Å². The van der Waals surface area contributed by atoms with Gasteiger partial charge in [-0.2, -0.15) is 0 Å². The van der Waals surface area contributed by atoms with Crippen molar-refractivity contribution in [2.75, 3.05) is 0 Å². The van der Waals surface area contributed by atoms with Crippen LogP contribution in [0.1, 0.15) is 34.1 Å². The SMILES string of the molecule is CCc1cccnc1C(=O)Cc1ccc(C)cc1Cl. The summed E-state index contributed by atoms with van der Waals surface area (Å²) >= 11 is 6.16. The zero-order valence-corrected chi connectivity index (χ0v) is 11.9. The molecule has 0 aliphatic rings. The molecular weight excluding hydrogens is 258 g/mol. The molecule has 0 atom stereocenters. The van der Waals surface area contributed by atoms with Crippen LogP contribution < -0.4 is 0 Å². The quantitative estimate of drug-likeness (QED) is 0.787. The highest BCUT2D eigenvalue weighted by molar-refractivity contribution is 6.31. The van der Waals surface area contributed by atoms with Gasteiger partial charge in [-0.05, 0) is 42.2 Å². The Morgan fingerprint density at radius 1 is 1.26 bits per heavy atom. The van der Waals surface area contributed by atoms with Crippen LogP contribution in [-0.4, -0.2) is 10.8 Å². The first kappa shape index (κ1) is 13.8. The lowest BCUT2D eigenvalue weighted by Gasteiger charge is -2.07. The van der Waals surface area contributed by atoms with Gasteiger partial charge < -0.3 is 0 Å². The third kappa shape index (κ3) is 3.21. The van der Waals surface area contributed by atoms with E-state index in [0.717, 1.165) is 23.1 Å². The van der Waals surface area contributed by atoms with Gasteiger partial charge >= 0.3 is 0 Å². The summed E-state index contributed by atoms with van der Waals surface area (Å²) in [5.41, 5.74) is 3.48. The Morgan fingerprint density at radius 3 is 2.74 bits per heavy atom. The average Bonchev–Trinajstić information content (AvgIpc) is 2.41. The molecule has 1 aromatic carbocycles. The van der Waals surface area contributed by atoms with Crippen LogP contribution in [0.15, 0.2) is 36.5 Å². The molecule has 0 spiro atoms. The lowest BCUT2D eigenvalue weighted by Crippen LogP contribution is -2.09. The summed E-state index contributed by atoms with van der Waals surface area (Å²) in [6, 6.07) is 9.55. The number of aromatic nitrogens is 1. The Bertz CT molecular complexity index is 607. The van der Waals surface area contributed by atoms with Gasteiger partial charge in [0.1, 0.15) is 5.69 Å². The number of hydrogen-bond donors (Lipinski definition) is 0. The molecule has 0 saturated carbocycles. The van der Waals surface area contributed by atoms with Crippen LogP contribution >= 0.6 is 11.6 Å². The summed E-state index contributed by atoms with van der Waals surface area (Å²) in [5, 5.41) is 0.641. The molecule has 0 radical (unpaired) electrons. The van der Waals surface area contributed by atoms with Crippen LogP contribution in [0, 0.1) is 6.92 Å². The van der Waals surface area contributed by atoms with E-state index in [0.29, 0.717) is 17.1 Å². The fourth-order valence-electron chi connectivity index (χ4n) is 2.03. The Kier molecular flexibility index (Phi) is 4.33. The smallest absolute Gasteiger partial charge is 0.185 e. The van der Waals surface area contributed by atoms with Crippen LogP contribution in [0.4, 0.5) is 0 Å². The van der Waals surface area contributed by atoms with Crippen LogP contribution in [0.25, 0.3) is 0 Å². The predicted molar refractivity (Wildman–Crippen MR) is 77.8 cm³/mol. The summed E-state index contributed by atoms with van der Waals surface area (Å²) in [7, 11) is 0. The first-order valence-corrected chi connectivity index (χ1v) is 6.71. The first-order valence-electron chi connectivity index (χ1n) is 6.34. The van der Waals surface area contributed by atoms with Gasteiger partial charge in [0, 0.05) is 17.6 Å². The molecule has 0 amide bonds. The van der Waals surface area contributed by atoms with Crippen molar-refractivity contribution in [1.29, 1.82) is 0 Å². The van der Waals surface area contributed by atoms with Gasteiger partial charge in [0.05, 0.1) is 0 Å². The number of hydrogen-bond acceptors (Lipinski definition) is 2. The van der Waals surface area contributed by atoms with E-state index in [4.69, 9.17) is 11.6 Å². The van der Waals surface area contributed by atoms with E-state index >= 15 is 0 Å². The molecule has 1 aromatic heterocycles. The summed E-state index contributed by atoms with van der Waals surface area (Å²) in [4.78, 5) is 16.5. The van der Waals surface area contributed by atoms with Gasteiger partial charge in [-0.25, -0.2) is 0 Å². The van der Waals surface area contributed by atoms with E-state index < -0.39 is 0 Å². The lowest BCUT2D eigenvalue weighted by atomic mass is 10.0. The van der Waals surface area contributed by atoms with E-state index in [1.807, 2.05) is 44.2 Å². The minimum atomic E-state index is 0.0169. The molecule has 19 heavy (non-hydrogen) atoms. The maximum absolute atomic E-state index is 12.3. The van der Waals surface area contributed by atoms with Gasteiger partial charge in [-0.3, -0.25) is 9.78 Å². The Balaban J connectivity index is 2.26. The summed E-state index contributed by atoms with van der Waals surface area (Å²) in [6.07, 6.45) is 2.75. The van der Waals surface area contributed by atoms with Crippen LogP contribution in [0.5, 0.6) is 0 Å². The number of nitrogens with zero attached hydrogens (tertiary/aromatic N) is 1. The van der Waals surface area contributed by atoms with Crippen molar-refractivity contribution in [3.8, 4) is 0 Å². The zero-order valence-electron chi connectivity index (χ0n) is 11.1. The fraction of sp³-hybridized carbons (Fsp3) is 0.250. The molecule has 0 N–H and O–H groups in total. The van der Waals surface area contributed by atoms with E-state index in [1.54, 1.807) is 6.20 Å². The maximum Gasteiger partial charge on any atom is 0.185 e. The molecule has 98 valence electrons. The molecule has 0 unspecified atom stereocenters. The standard InChI is InChI=1S/C16H16ClNO/c1-3-12-5-4-8-18-16(12)15(19)10-13-7-6-11(2)9-14(13)17/h4-9H,3,10H2,1-2H3. The largest absolute Gasteiger partial charge is 0.292 e.